The van der Waals surface area contributed by atoms with Gasteiger partial charge in [-0.15, -0.1) is 0 Å². The van der Waals surface area contributed by atoms with Crippen LogP contribution in [0.5, 0.6) is 5.88 Å². The van der Waals surface area contributed by atoms with Gasteiger partial charge >= 0.3 is 6.16 Å². The fraction of sp³-hybridized carbons (Fsp3) is 0.286. The van der Waals surface area contributed by atoms with Crippen molar-refractivity contribution >= 4 is 6.16 Å². The van der Waals surface area contributed by atoms with Gasteiger partial charge in [-0.3, -0.25) is 0 Å². The lowest BCUT2D eigenvalue weighted by molar-refractivity contribution is 0.142. The van der Waals surface area contributed by atoms with Crippen molar-refractivity contribution in [3.8, 4) is 5.88 Å². The van der Waals surface area contributed by atoms with E-state index in [9.17, 15) is 4.79 Å². The number of carbonyl (C=O) groups is 1. The molecule has 0 saturated carbocycles. The van der Waals surface area contributed by atoms with Crippen LogP contribution in [0, 0.1) is 13.8 Å². The molecule has 1 heterocycles. The number of hydrogen-bond acceptors (Lipinski definition) is 4. The minimum atomic E-state index is -1.37. The zero-order valence-electron chi connectivity index (χ0n) is 6.74. The molecule has 5 heteroatoms. The van der Waals surface area contributed by atoms with Gasteiger partial charge in [0.15, 0.2) is 0 Å². The molecule has 5 nitrogen and oxygen atoms in total. The van der Waals surface area contributed by atoms with Gasteiger partial charge in [0.1, 0.15) is 5.82 Å². The highest BCUT2D eigenvalue weighted by Crippen LogP contribution is 2.07. The Morgan fingerprint density at radius 1 is 1.50 bits per heavy atom. The Morgan fingerprint density at radius 2 is 2.17 bits per heavy atom. The Hall–Kier alpha value is -1.65. The standard InChI is InChI=1S/C7H8N2O3/c1-4-3-6(12-7(10)11)9-5(2)8-4/h3H,1-2H3,(H,10,11). The zero-order valence-corrected chi connectivity index (χ0v) is 6.74. The van der Waals surface area contributed by atoms with E-state index in [-0.39, 0.29) is 5.88 Å². The molecule has 0 unspecified atom stereocenters. The molecule has 0 atom stereocenters. The second-order valence-corrected chi connectivity index (χ2v) is 2.26. The van der Waals surface area contributed by atoms with Crippen LogP contribution < -0.4 is 4.74 Å². The van der Waals surface area contributed by atoms with Gasteiger partial charge in [0.25, 0.3) is 0 Å². The highest BCUT2D eigenvalue weighted by Gasteiger charge is 2.03. The van der Waals surface area contributed by atoms with E-state index >= 15 is 0 Å². The maximum atomic E-state index is 10.1. The molecule has 0 spiro atoms. The normalized spacial score (nSPS) is 9.50. The molecule has 0 fully saturated rings. The maximum absolute atomic E-state index is 10.1. The van der Waals surface area contributed by atoms with E-state index in [1.54, 1.807) is 13.8 Å². The summed E-state index contributed by atoms with van der Waals surface area (Å²) >= 11 is 0. The number of carboxylic acid groups (broad SMARTS) is 1. The monoisotopic (exact) mass is 168 g/mol. The second-order valence-electron chi connectivity index (χ2n) is 2.26. The Bertz CT molecular complexity index is 291. The molecule has 0 aliphatic heterocycles. The van der Waals surface area contributed by atoms with Gasteiger partial charge in [-0.05, 0) is 13.8 Å². The molecule has 0 saturated heterocycles. The van der Waals surface area contributed by atoms with Crippen LogP contribution in [-0.2, 0) is 0 Å². The number of ether oxygens (including phenoxy) is 1. The van der Waals surface area contributed by atoms with Crippen LogP contribution in [0.25, 0.3) is 0 Å². The van der Waals surface area contributed by atoms with Crippen molar-refractivity contribution in [1.29, 1.82) is 0 Å². The third-order valence-corrected chi connectivity index (χ3v) is 1.13. The topological polar surface area (TPSA) is 72.3 Å². The average molecular weight is 168 g/mol. The van der Waals surface area contributed by atoms with Gasteiger partial charge in [0.05, 0.1) is 0 Å². The molecule has 0 radical (unpaired) electrons. The summed E-state index contributed by atoms with van der Waals surface area (Å²) in [6.45, 7) is 3.41. The number of hydrogen-bond donors (Lipinski definition) is 1. The van der Waals surface area contributed by atoms with Crippen LogP contribution in [0.3, 0.4) is 0 Å². The van der Waals surface area contributed by atoms with Gasteiger partial charge in [0.2, 0.25) is 5.88 Å². The fourth-order valence-corrected chi connectivity index (χ4v) is 0.825. The Morgan fingerprint density at radius 3 is 2.67 bits per heavy atom. The van der Waals surface area contributed by atoms with Gasteiger partial charge in [-0.25, -0.2) is 9.78 Å². The van der Waals surface area contributed by atoms with Gasteiger partial charge < -0.3 is 9.84 Å². The molecule has 0 bridgehead atoms. The molecule has 1 aromatic rings. The molecular weight excluding hydrogens is 160 g/mol. The predicted molar refractivity (Wildman–Crippen MR) is 40.2 cm³/mol. The van der Waals surface area contributed by atoms with E-state index in [0.29, 0.717) is 11.5 Å². The van der Waals surface area contributed by atoms with E-state index in [1.807, 2.05) is 0 Å². The Labute approximate surface area is 69.0 Å². The lowest BCUT2D eigenvalue weighted by atomic mass is 10.4. The van der Waals surface area contributed by atoms with Gasteiger partial charge in [-0.1, -0.05) is 0 Å². The third kappa shape index (κ3) is 2.19. The number of aromatic nitrogens is 2. The van der Waals surface area contributed by atoms with Crippen LogP contribution in [0.15, 0.2) is 6.07 Å². The van der Waals surface area contributed by atoms with Crippen molar-refractivity contribution in [2.45, 2.75) is 13.8 Å². The maximum Gasteiger partial charge on any atom is 0.512 e. The number of nitrogens with zero attached hydrogens (tertiary/aromatic N) is 2. The molecule has 1 N–H and O–H groups in total. The fourth-order valence-electron chi connectivity index (χ4n) is 0.825. The summed E-state index contributed by atoms with van der Waals surface area (Å²) in [5, 5.41) is 8.27. The first kappa shape index (κ1) is 8.45. The van der Waals surface area contributed by atoms with E-state index in [2.05, 4.69) is 14.7 Å². The molecule has 64 valence electrons. The van der Waals surface area contributed by atoms with Crippen LogP contribution in [0.1, 0.15) is 11.5 Å². The highest BCUT2D eigenvalue weighted by molar-refractivity contribution is 5.60. The Kier molecular flexibility index (Phi) is 2.23. The van der Waals surface area contributed by atoms with Crippen LogP contribution in [0.4, 0.5) is 4.79 Å². The van der Waals surface area contributed by atoms with E-state index < -0.39 is 6.16 Å². The molecule has 0 aliphatic carbocycles. The summed E-state index contributed by atoms with van der Waals surface area (Å²) in [6.07, 6.45) is -1.37. The second kappa shape index (κ2) is 3.17. The van der Waals surface area contributed by atoms with Crippen molar-refractivity contribution in [2.24, 2.45) is 0 Å². The van der Waals surface area contributed by atoms with Crippen molar-refractivity contribution in [2.75, 3.05) is 0 Å². The quantitative estimate of drug-likeness (QED) is 0.637. The number of aryl methyl sites for hydroxylation is 2. The summed E-state index contributed by atoms with van der Waals surface area (Å²) in [6, 6.07) is 1.46. The van der Waals surface area contributed by atoms with Crippen molar-refractivity contribution < 1.29 is 14.6 Å². The molecular formula is C7H8N2O3. The Balaban J connectivity index is 2.93. The average Bonchev–Trinajstić information content (AvgIpc) is 1.81. The summed E-state index contributed by atoms with van der Waals surface area (Å²) in [5.41, 5.74) is 0.679. The molecule has 0 aliphatic rings. The molecule has 0 amide bonds. The van der Waals surface area contributed by atoms with Crippen LogP contribution in [-0.4, -0.2) is 21.2 Å². The SMILES string of the molecule is Cc1cc(OC(=O)O)nc(C)n1. The van der Waals surface area contributed by atoms with Gasteiger partial charge in [-0.2, -0.15) is 4.98 Å². The predicted octanol–water partition coefficient (Wildman–Crippen LogP) is 1.15. The first-order valence-corrected chi connectivity index (χ1v) is 3.31. The van der Waals surface area contributed by atoms with E-state index in [1.165, 1.54) is 6.07 Å². The lowest BCUT2D eigenvalue weighted by Gasteiger charge is -2.00. The molecule has 0 aromatic carbocycles. The minimum Gasteiger partial charge on any atom is -0.449 e. The number of rotatable bonds is 1. The summed E-state index contributed by atoms with van der Waals surface area (Å²) in [4.78, 5) is 17.8. The lowest BCUT2D eigenvalue weighted by Crippen LogP contribution is -2.06. The van der Waals surface area contributed by atoms with Crippen molar-refractivity contribution in [3.05, 3.63) is 17.6 Å². The summed E-state index contributed by atoms with van der Waals surface area (Å²) < 4.78 is 4.34. The third-order valence-electron chi connectivity index (χ3n) is 1.13. The first-order chi connectivity index (χ1) is 5.58. The zero-order chi connectivity index (χ0) is 9.14. The van der Waals surface area contributed by atoms with Crippen LogP contribution >= 0.6 is 0 Å². The highest BCUT2D eigenvalue weighted by atomic mass is 16.7. The summed E-state index contributed by atoms with van der Waals surface area (Å²) in [5.74, 6) is 0.554. The largest absolute Gasteiger partial charge is 0.512 e. The first-order valence-electron chi connectivity index (χ1n) is 3.31. The summed E-state index contributed by atoms with van der Waals surface area (Å²) in [7, 11) is 0. The molecule has 1 rings (SSSR count). The smallest absolute Gasteiger partial charge is 0.449 e. The van der Waals surface area contributed by atoms with E-state index in [4.69, 9.17) is 5.11 Å². The van der Waals surface area contributed by atoms with Crippen molar-refractivity contribution in [3.63, 3.8) is 0 Å². The van der Waals surface area contributed by atoms with E-state index in [0.717, 1.165) is 0 Å². The molecule has 12 heavy (non-hydrogen) atoms. The van der Waals surface area contributed by atoms with Crippen molar-refractivity contribution in [1.82, 2.24) is 9.97 Å². The molecule has 1 aromatic heterocycles. The van der Waals surface area contributed by atoms with Crippen LogP contribution in [0.2, 0.25) is 0 Å². The minimum absolute atomic E-state index is 0.0625. The van der Waals surface area contributed by atoms with Gasteiger partial charge in [0, 0.05) is 11.8 Å².